The summed E-state index contributed by atoms with van der Waals surface area (Å²) in [6.07, 6.45) is 1.60. The molecule has 0 aliphatic carbocycles. The molecule has 4 nitrogen and oxygen atoms in total. The second kappa shape index (κ2) is 5.64. The van der Waals surface area contributed by atoms with Crippen LogP contribution in [0.4, 0.5) is 5.69 Å². The summed E-state index contributed by atoms with van der Waals surface area (Å²) < 4.78 is 1.62. The molecule has 0 fully saturated rings. The minimum absolute atomic E-state index is 0.00384. The van der Waals surface area contributed by atoms with E-state index in [0.29, 0.717) is 23.5 Å². The summed E-state index contributed by atoms with van der Waals surface area (Å²) in [5.41, 5.74) is 0.944. The molecule has 1 aromatic carbocycles. The van der Waals surface area contributed by atoms with Crippen molar-refractivity contribution in [3.8, 4) is 0 Å². The van der Waals surface area contributed by atoms with E-state index < -0.39 is 0 Å². The maximum absolute atomic E-state index is 12.2. The van der Waals surface area contributed by atoms with E-state index in [2.05, 4.69) is 10.3 Å². The van der Waals surface area contributed by atoms with E-state index in [-0.39, 0.29) is 5.56 Å². The van der Waals surface area contributed by atoms with Gasteiger partial charge in [-0.3, -0.25) is 9.36 Å². The van der Waals surface area contributed by atoms with Crippen molar-refractivity contribution in [2.45, 2.75) is 6.54 Å². The Labute approximate surface area is 124 Å². The standard InChI is InChI=1S/C14H12ClN3OS/c15-10-2-1-3-11(8-10)16-5-6-18-9-17-13-12(14(18)19)4-7-20-13/h1-4,7-9,16H,5-6H2. The lowest BCUT2D eigenvalue weighted by molar-refractivity contribution is 0.690. The first-order chi connectivity index (χ1) is 9.74. The molecule has 2 heterocycles. The zero-order chi connectivity index (χ0) is 13.9. The minimum Gasteiger partial charge on any atom is -0.383 e. The predicted octanol–water partition coefficient (Wildman–Crippen LogP) is 3.22. The average molecular weight is 306 g/mol. The molecule has 0 bridgehead atoms. The molecule has 0 atom stereocenters. The van der Waals surface area contributed by atoms with Crippen molar-refractivity contribution in [1.82, 2.24) is 9.55 Å². The Bertz CT molecular complexity index is 796. The van der Waals surface area contributed by atoms with E-state index >= 15 is 0 Å². The van der Waals surface area contributed by atoms with Gasteiger partial charge in [0.15, 0.2) is 0 Å². The van der Waals surface area contributed by atoms with Crippen molar-refractivity contribution in [3.05, 3.63) is 57.4 Å². The molecule has 0 spiro atoms. The lowest BCUT2D eigenvalue weighted by atomic mass is 10.3. The maximum atomic E-state index is 12.2. The Balaban J connectivity index is 1.71. The van der Waals surface area contributed by atoms with Crippen molar-refractivity contribution in [3.63, 3.8) is 0 Å². The van der Waals surface area contributed by atoms with Crippen LogP contribution in [0, 0.1) is 0 Å². The van der Waals surface area contributed by atoms with Crippen molar-refractivity contribution in [2.75, 3.05) is 11.9 Å². The van der Waals surface area contributed by atoms with Crippen molar-refractivity contribution in [1.29, 1.82) is 0 Å². The first-order valence-corrected chi connectivity index (χ1v) is 7.42. The van der Waals surface area contributed by atoms with Crippen molar-refractivity contribution in [2.24, 2.45) is 0 Å². The van der Waals surface area contributed by atoms with Gasteiger partial charge in [0, 0.05) is 23.8 Å². The Morgan fingerprint density at radius 3 is 3.10 bits per heavy atom. The molecular weight excluding hydrogens is 294 g/mol. The number of nitrogens with one attached hydrogen (secondary N) is 1. The summed E-state index contributed by atoms with van der Waals surface area (Å²) in [5, 5.41) is 6.49. The number of nitrogens with zero attached hydrogens (tertiary/aromatic N) is 2. The molecule has 0 radical (unpaired) electrons. The first kappa shape index (κ1) is 13.1. The fourth-order valence-corrected chi connectivity index (χ4v) is 2.89. The highest BCUT2D eigenvalue weighted by molar-refractivity contribution is 7.16. The van der Waals surface area contributed by atoms with Crippen LogP contribution in [0.1, 0.15) is 0 Å². The van der Waals surface area contributed by atoms with Gasteiger partial charge in [0.25, 0.3) is 5.56 Å². The van der Waals surface area contributed by atoms with Gasteiger partial charge in [-0.2, -0.15) is 0 Å². The van der Waals surface area contributed by atoms with Crippen molar-refractivity contribution >= 4 is 38.8 Å². The van der Waals surface area contributed by atoms with E-state index in [9.17, 15) is 4.79 Å². The molecule has 0 saturated carbocycles. The number of fused-ring (bicyclic) bond motifs is 1. The lowest BCUT2D eigenvalue weighted by Crippen LogP contribution is -2.23. The van der Waals surface area contributed by atoms with E-state index in [4.69, 9.17) is 11.6 Å². The fourth-order valence-electron chi connectivity index (χ4n) is 1.97. The van der Waals surface area contributed by atoms with Crippen LogP contribution >= 0.6 is 22.9 Å². The minimum atomic E-state index is 0.00384. The molecule has 102 valence electrons. The quantitative estimate of drug-likeness (QED) is 0.805. The molecule has 0 unspecified atom stereocenters. The average Bonchev–Trinajstić information content (AvgIpc) is 2.91. The van der Waals surface area contributed by atoms with Gasteiger partial charge in [0.05, 0.1) is 11.7 Å². The number of hydrogen-bond donors (Lipinski definition) is 1. The molecule has 3 aromatic rings. The summed E-state index contributed by atoms with van der Waals surface area (Å²) in [6.45, 7) is 1.20. The lowest BCUT2D eigenvalue weighted by Gasteiger charge is -2.08. The molecule has 0 aliphatic heterocycles. The highest BCUT2D eigenvalue weighted by atomic mass is 35.5. The fraction of sp³-hybridized carbons (Fsp3) is 0.143. The molecule has 6 heteroatoms. The van der Waals surface area contributed by atoms with Gasteiger partial charge < -0.3 is 5.32 Å². The third kappa shape index (κ3) is 2.69. The maximum Gasteiger partial charge on any atom is 0.262 e. The van der Waals surface area contributed by atoms with E-state index in [0.717, 1.165) is 10.5 Å². The second-order valence-corrected chi connectivity index (χ2v) is 5.65. The van der Waals surface area contributed by atoms with Crippen LogP contribution in [0.3, 0.4) is 0 Å². The normalized spacial score (nSPS) is 10.8. The largest absolute Gasteiger partial charge is 0.383 e. The number of aromatic nitrogens is 2. The SMILES string of the molecule is O=c1c2ccsc2ncn1CCNc1cccc(Cl)c1. The van der Waals surface area contributed by atoms with Gasteiger partial charge in [-0.1, -0.05) is 17.7 Å². The molecule has 1 N–H and O–H groups in total. The van der Waals surface area contributed by atoms with Gasteiger partial charge in [-0.25, -0.2) is 4.98 Å². The zero-order valence-electron chi connectivity index (χ0n) is 10.5. The highest BCUT2D eigenvalue weighted by Gasteiger charge is 2.04. The van der Waals surface area contributed by atoms with Crippen LogP contribution in [0.15, 0.2) is 46.8 Å². The number of thiophene rings is 1. The Morgan fingerprint density at radius 2 is 2.25 bits per heavy atom. The summed E-state index contributed by atoms with van der Waals surface area (Å²) >= 11 is 7.39. The number of halogens is 1. The van der Waals surface area contributed by atoms with Crippen molar-refractivity contribution < 1.29 is 0 Å². The molecule has 0 aliphatic rings. The van der Waals surface area contributed by atoms with E-state index in [1.165, 1.54) is 11.3 Å². The van der Waals surface area contributed by atoms with Gasteiger partial charge in [0.1, 0.15) is 4.83 Å². The Kier molecular flexibility index (Phi) is 3.71. The summed E-state index contributed by atoms with van der Waals surface area (Å²) in [5.74, 6) is 0. The Hall–Kier alpha value is -1.85. The van der Waals surface area contributed by atoms with Gasteiger partial charge >= 0.3 is 0 Å². The van der Waals surface area contributed by atoms with E-state index in [1.54, 1.807) is 10.9 Å². The number of rotatable bonds is 4. The van der Waals surface area contributed by atoms with Crippen LogP contribution in [0.2, 0.25) is 5.02 Å². The number of benzene rings is 1. The molecule has 20 heavy (non-hydrogen) atoms. The van der Waals surface area contributed by atoms with Crippen LogP contribution in [0.5, 0.6) is 0 Å². The molecule has 3 rings (SSSR count). The first-order valence-electron chi connectivity index (χ1n) is 6.16. The molecule has 0 saturated heterocycles. The van der Waals surface area contributed by atoms with Gasteiger partial charge in [0.2, 0.25) is 0 Å². The van der Waals surface area contributed by atoms with Crippen LogP contribution in [0.25, 0.3) is 10.2 Å². The molecule has 0 amide bonds. The van der Waals surface area contributed by atoms with Gasteiger partial charge in [-0.05, 0) is 29.6 Å². The highest BCUT2D eigenvalue weighted by Crippen LogP contribution is 2.15. The summed E-state index contributed by atoms with van der Waals surface area (Å²) in [4.78, 5) is 17.2. The van der Waals surface area contributed by atoms with E-state index in [1.807, 2.05) is 35.7 Å². The smallest absolute Gasteiger partial charge is 0.262 e. The third-order valence-electron chi connectivity index (χ3n) is 2.96. The monoisotopic (exact) mass is 305 g/mol. The number of hydrogen-bond acceptors (Lipinski definition) is 4. The molecular formula is C14H12ClN3OS. The predicted molar refractivity (Wildman–Crippen MR) is 83.8 cm³/mol. The zero-order valence-corrected chi connectivity index (χ0v) is 12.1. The number of anilines is 1. The van der Waals surface area contributed by atoms with Gasteiger partial charge in [-0.15, -0.1) is 11.3 Å². The van der Waals surface area contributed by atoms with Crippen LogP contribution in [-0.4, -0.2) is 16.1 Å². The third-order valence-corrected chi connectivity index (χ3v) is 4.01. The Morgan fingerprint density at radius 1 is 1.35 bits per heavy atom. The molecule has 2 aromatic heterocycles. The second-order valence-electron chi connectivity index (χ2n) is 4.32. The summed E-state index contributed by atoms with van der Waals surface area (Å²) in [7, 11) is 0. The topological polar surface area (TPSA) is 46.9 Å². The summed E-state index contributed by atoms with van der Waals surface area (Å²) in [6, 6.07) is 9.32. The van der Waals surface area contributed by atoms with Crippen LogP contribution in [-0.2, 0) is 6.54 Å². The van der Waals surface area contributed by atoms with Crippen LogP contribution < -0.4 is 10.9 Å².